The maximum Gasteiger partial charge on any atom is 0.224 e. The molecule has 19 heavy (non-hydrogen) atoms. The first-order chi connectivity index (χ1) is 8.82. The zero-order valence-electron chi connectivity index (χ0n) is 12.3. The number of carbonyl (C=O) groups is 1. The van der Waals surface area contributed by atoms with E-state index in [0.29, 0.717) is 13.1 Å². The van der Waals surface area contributed by atoms with E-state index in [4.69, 9.17) is 5.73 Å². The summed E-state index contributed by atoms with van der Waals surface area (Å²) in [4.78, 5) is 12.3. The number of carbonyl (C=O) groups excluding carboxylic acids is 1. The predicted octanol–water partition coefficient (Wildman–Crippen LogP) is 2.44. The van der Waals surface area contributed by atoms with Crippen LogP contribution < -0.4 is 11.1 Å². The minimum absolute atomic E-state index is 0.0878. The van der Waals surface area contributed by atoms with Gasteiger partial charge in [0.25, 0.3) is 0 Å². The Morgan fingerprint density at radius 2 is 1.68 bits per heavy atom. The summed E-state index contributed by atoms with van der Waals surface area (Å²) >= 11 is 0. The molecule has 0 atom stereocenters. The summed E-state index contributed by atoms with van der Waals surface area (Å²) in [6, 6.07) is 7.98. The number of rotatable bonds is 4. The van der Waals surface area contributed by atoms with Crippen molar-refractivity contribution >= 4 is 5.91 Å². The number of nitrogens with two attached hydrogens (primary N) is 1. The number of hydrogen-bond acceptors (Lipinski definition) is 2. The topological polar surface area (TPSA) is 55.1 Å². The average molecular weight is 260 g/mol. The second-order valence-corrected chi connectivity index (χ2v) is 6.57. The van der Waals surface area contributed by atoms with E-state index in [0.717, 1.165) is 11.1 Å². The van der Waals surface area contributed by atoms with E-state index >= 15 is 0 Å². The van der Waals surface area contributed by atoms with Gasteiger partial charge in [-0.1, -0.05) is 52.0 Å². The standard InChI is InChI=1S/C16H24N2O/c1-15(2)13(16(15,3)4)14(19)18-10-12-8-6-5-7-11(12)9-17/h5-8,13H,9-10,17H2,1-4H3,(H,18,19). The lowest BCUT2D eigenvalue weighted by Crippen LogP contribution is -2.27. The van der Waals surface area contributed by atoms with Crippen LogP contribution in [0.4, 0.5) is 0 Å². The molecule has 1 aliphatic rings. The second kappa shape index (κ2) is 4.64. The summed E-state index contributed by atoms with van der Waals surface area (Å²) < 4.78 is 0. The van der Waals surface area contributed by atoms with E-state index in [9.17, 15) is 4.79 Å². The molecular formula is C16H24N2O. The Hall–Kier alpha value is -1.35. The molecule has 1 aromatic carbocycles. The van der Waals surface area contributed by atoms with Crippen LogP contribution in [0.5, 0.6) is 0 Å². The van der Waals surface area contributed by atoms with Gasteiger partial charge in [-0.15, -0.1) is 0 Å². The second-order valence-electron chi connectivity index (χ2n) is 6.57. The largest absolute Gasteiger partial charge is 0.352 e. The van der Waals surface area contributed by atoms with E-state index in [2.05, 4.69) is 33.0 Å². The lowest BCUT2D eigenvalue weighted by atomic mass is 10.0. The first kappa shape index (κ1) is 14.1. The Morgan fingerprint density at radius 3 is 2.16 bits per heavy atom. The highest BCUT2D eigenvalue weighted by Gasteiger charge is 2.68. The Kier molecular flexibility index (Phi) is 3.43. The SMILES string of the molecule is CC1(C)C(C(=O)NCc2ccccc2CN)C1(C)C. The molecule has 3 heteroatoms. The zero-order valence-corrected chi connectivity index (χ0v) is 12.3. The predicted molar refractivity (Wildman–Crippen MR) is 77.2 cm³/mol. The number of benzene rings is 1. The van der Waals surface area contributed by atoms with Crippen molar-refractivity contribution in [1.82, 2.24) is 5.32 Å². The van der Waals surface area contributed by atoms with E-state index < -0.39 is 0 Å². The summed E-state index contributed by atoms with van der Waals surface area (Å²) in [7, 11) is 0. The monoisotopic (exact) mass is 260 g/mol. The molecule has 2 rings (SSSR count). The number of amides is 1. The molecule has 0 heterocycles. The Morgan fingerprint density at radius 1 is 1.16 bits per heavy atom. The van der Waals surface area contributed by atoms with Crippen molar-refractivity contribution in [3.63, 3.8) is 0 Å². The van der Waals surface area contributed by atoms with Crippen LogP contribution in [0.2, 0.25) is 0 Å². The van der Waals surface area contributed by atoms with Gasteiger partial charge >= 0.3 is 0 Å². The third kappa shape index (κ3) is 2.27. The molecule has 104 valence electrons. The molecule has 0 aromatic heterocycles. The number of hydrogen-bond donors (Lipinski definition) is 2. The molecule has 1 aromatic rings. The van der Waals surface area contributed by atoms with E-state index in [1.807, 2.05) is 24.3 Å². The molecule has 0 saturated heterocycles. The van der Waals surface area contributed by atoms with Crippen LogP contribution in [0.25, 0.3) is 0 Å². The van der Waals surface area contributed by atoms with Crippen LogP contribution in [-0.4, -0.2) is 5.91 Å². The molecule has 0 bridgehead atoms. The summed E-state index contributed by atoms with van der Waals surface area (Å²) in [5.41, 5.74) is 8.08. The normalized spacial score (nSPS) is 20.1. The maximum absolute atomic E-state index is 12.3. The molecule has 0 unspecified atom stereocenters. The number of nitrogens with one attached hydrogen (secondary N) is 1. The van der Waals surface area contributed by atoms with Crippen LogP contribution in [0.3, 0.4) is 0 Å². The van der Waals surface area contributed by atoms with Crippen LogP contribution in [0.15, 0.2) is 24.3 Å². The fourth-order valence-electron chi connectivity index (χ4n) is 3.07. The molecule has 0 spiro atoms. The molecule has 1 amide bonds. The van der Waals surface area contributed by atoms with Gasteiger partial charge in [-0.2, -0.15) is 0 Å². The fourth-order valence-corrected chi connectivity index (χ4v) is 3.07. The average Bonchev–Trinajstić information content (AvgIpc) is 2.77. The molecule has 0 aliphatic heterocycles. The van der Waals surface area contributed by atoms with E-state index in [1.54, 1.807) is 0 Å². The van der Waals surface area contributed by atoms with Gasteiger partial charge in [0, 0.05) is 19.0 Å². The lowest BCUT2D eigenvalue weighted by molar-refractivity contribution is -0.123. The Labute approximate surface area is 115 Å². The first-order valence-corrected chi connectivity index (χ1v) is 6.87. The third-order valence-corrected chi connectivity index (χ3v) is 5.07. The summed E-state index contributed by atoms with van der Waals surface area (Å²) in [6.45, 7) is 9.70. The molecule has 3 nitrogen and oxygen atoms in total. The minimum Gasteiger partial charge on any atom is -0.352 e. The van der Waals surface area contributed by atoms with Crippen molar-refractivity contribution in [2.75, 3.05) is 0 Å². The van der Waals surface area contributed by atoms with Crippen molar-refractivity contribution < 1.29 is 4.79 Å². The highest BCUT2D eigenvalue weighted by molar-refractivity contribution is 5.84. The van der Waals surface area contributed by atoms with Crippen LogP contribution in [0.1, 0.15) is 38.8 Å². The van der Waals surface area contributed by atoms with Gasteiger partial charge in [0.2, 0.25) is 5.91 Å². The maximum atomic E-state index is 12.3. The van der Waals surface area contributed by atoms with Gasteiger partial charge in [0.15, 0.2) is 0 Å². The van der Waals surface area contributed by atoms with Crippen molar-refractivity contribution in [3.8, 4) is 0 Å². The quantitative estimate of drug-likeness (QED) is 0.873. The summed E-state index contributed by atoms with van der Waals surface area (Å²) in [6.07, 6.45) is 0. The first-order valence-electron chi connectivity index (χ1n) is 6.87. The summed E-state index contributed by atoms with van der Waals surface area (Å²) in [5.74, 6) is 0.256. The zero-order chi connectivity index (χ0) is 14.3. The molecule has 1 fully saturated rings. The smallest absolute Gasteiger partial charge is 0.224 e. The van der Waals surface area contributed by atoms with Crippen molar-refractivity contribution in [1.29, 1.82) is 0 Å². The van der Waals surface area contributed by atoms with Crippen molar-refractivity contribution in [3.05, 3.63) is 35.4 Å². The molecular weight excluding hydrogens is 236 g/mol. The van der Waals surface area contributed by atoms with Crippen molar-refractivity contribution in [2.24, 2.45) is 22.5 Å². The minimum atomic E-state index is 0.0878. The molecule has 0 radical (unpaired) electrons. The van der Waals surface area contributed by atoms with E-state index in [-0.39, 0.29) is 22.7 Å². The van der Waals surface area contributed by atoms with Crippen LogP contribution >= 0.6 is 0 Å². The van der Waals surface area contributed by atoms with Gasteiger partial charge in [0.05, 0.1) is 0 Å². The van der Waals surface area contributed by atoms with Gasteiger partial charge in [-0.3, -0.25) is 4.79 Å². The highest BCUT2D eigenvalue weighted by atomic mass is 16.2. The molecule has 3 N–H and O–H groups in total. The van der Waals surface area contributed by atoms with Gasteiger partial charge in [-0.25, -0.2) is 0 Å². The lowest BCUT2D eigenvalue weighted by Gasteiger charge is -2.10. The van der Waals surface area contributed by atoms with Crippen molar-refractivity contribution in [2.45, 2.75) is 40.8 Å². The van der Waals surface area contributed by atoms with E-state index in [1.165, 1.54) is 0 Å². The fraction of sp³-hybridized carbons (Fsp3) is 0.562. The van der Waals surface area contributed by atoms with Gasteiger partial charge < -0.3 is 11.1 Å². The van der Waals surface area contributed by atoms with Crippen LogP contribution in [0, 0.1) is 16.7 Å². The molecule has 1 saturated carbocycles. The van der Waals surface area contributed by atoms with Crippen LogP contribution in [-0.2, 0) is 17.9 Å². The highest BCUT2D eigenvalue weighted by Crippen LogP contribution is 2.68. The van der Waals surface area contributed by atoms with Gasteiger partial charge in [0.1, 0.15) is 0 Å². The van der Waals surface area contributed by atoms with Gasteiger partial charge in [-0.05, 0) is 22.0 Å². The third-order valence-electron chi connectivity index (χ3n) is 5.07. The Balaban J connectivity index is 1.99. The Bertz CT molecular complexity index is 477. The summed E-state index contributed by atoms with van der Waals surface area (Å²) in [5, 5.41) is 3.05. The molecule has 1 aliphatic carbocycles.